The number of nitriles is 1. The van der Waals surface area contributed by atoms with Crippen molar-refractivity contribution >= 4 is 5.69 Å². The van der Waals surface area contributed by atoms with Gasteiger partial charge in [0.2, 0.25) is 0 Å². The molecule has 0 aliphatic rings. The highest BCUT2D eigenvalue weighted by atomic mass is 19.3. The highest BCUT2D eigenvalue weighted by molar-refractivity contribution is 5.57. The molecule has 0 heterocycles. The average molecular weight is 232 g/mol. The molecule has 84 valence electrons. The van der Waals surface area contributed by atoms with Gasteiger partial charge < -0.3 is 4.74 Å². The van der Waals surface area contributed by atoms with Crippen LogP contribution in [0.2, 0.25) is 0 Å². The highest BCUT2D eigenvalue weighted by Crippen LogP contribution is 2.31. The lowest BCUT2D eigenvalue weighted by molar-refractivity contribution is -0.385. The van der Waals surface area contributed by atoms with Crippen LogP contribution in [-0.4, -0.2) is 11.5 Å². The molecule has 0 aromatic heterocycles. The zero-order chi connectivity index (χ0) is 12.3. The number of ether oxygens (including phenoxy) is 1. The summed E-state index contributed by atoms with van der Waals surface area (Å²) in [5.74, 6) is -2.38. The van der Waals surface area contributed by atoms with E-state index in [4.69, 9.17) is 5.26 Å². The molecule has 0 radical (unpaired) electrons. The van der Waals surface area contributed by atoms with Crippen LogP contribution < -0.4 is 4.74 Å². The Balaban J connectivity index is 3.40. The summed E-state index contributed by atoms with van der Waals surface area (Å²) in [6.45, 7) is -3.37. The predicted octanol–water partition coefficient (Wildman–Crippen LogP) is 2.21. The third-order valence-electron chi connectivity index (χ3n) is 1.60. The quantitative estimate of drug-likeness (QED) is 0.591. The number of hydrogen-bond donors (Lipinski definition) is 0. The number of hydrogen-bond acceptors (Lipinski definition) is 4. The van der Waals surface area contributed by atoms with Crippen LogP contribution in [0.3, 0.4) is 0 Å². The van der Waals surface area contributed by atoms with Gasteiger partial charge in [0.1, 0.15) is 6.07 Å². The van der Waals surface area contributed by atoms with E-state index in [1.165, 1.54) is 6.07 Å². The van der Waals surface area contributed by atoms with Gasteiger partial charge in [-0.05, 0) is 6.07 Å². The summed E-state index contributed by atoms with van der Waals surface area (Å²) in [7, 11) is 0. The van der Waals surface area contributed by atoms with E-state index in [1.54, 1.807) is 0 Å². The Kier molecular flexibility index (Phi) is 3.30. The summed E-state index contributed by atoms with van der Waals surface area (Å²) in [5, 5.41) is 19.0. The highest BCUT2D eigenvalue weighted by Gasteiger charge is 2.24. The van der Waals surface area contributed by atoms with Crippen LogP contribution in [0.4, 0.5) is 18.9 Å². The molecule has 0 unspecified atom stereocenters. The molecule has 0 fully saturated rings. The van der Waals surface area contributed by atoms with E-state index < -0.39 is 34.4 Å². The van der Waals surface area contributed by atoms with E-state index in [9.17, 15) is 23.3 Å². The van der Waals surface area contributed by atoms with Gasteiger partial charge in [0.05, 0.1) is 4.92 Å². The van der Waals surface area contributed by atoms with Gasteiger partial charge in [-0.3, -0.25) is 10.1 Å². The van der Waals surface area contributed by atoms with Crippen molar-refractivity contribution in [2.75, 3.05) is 0 Å². The Morgan fingerprint density at radius 2 is 2.12 bits per heavy atom. The van der Waals surface area contributed by atoms with Crippen LogP contribution in [0.15, 0.2) is 12.1 Å². The Morgan fingerprint density at radius 1 is 1.50 bits per heavy atom. The van der Waals surface area contributed by atoms with Gasteiger partial charge in [0.15, 0.2) is 17.1 Å². The maximum Gasteiger partial charge on any atom is 0.387 e. The van der Waals surface area contributed by atoms with Crippen molar-refractivity contribution < 1.29 is 22.8 Å². The first-order chi connectivity index (χ1) is 7.47. The molecule has 0 spiro atoms. The second-order valence-electron chi connectivity index (χ2n) is 2.52. The van der Waals surface area contributed by atoms with Crippen molar-refractivity contribution in [3.05, 3.63) is 33.6 Å². The molecule has 16 heavy (non-hydrogen) atoms. The van der Waals surface area contributed by atoms with Crippen molar-refractivity contribution in [3.8, 4) is 11.8 Å². The van der Waals surface area contributed by atoms with Crippen molar-refractivity contribution in [1.29, 1.82) is 5.26 Å². The smallest absolute Gasteiger partial charge is 0.387 e. The Hall–Kier alpha value is -2.30. The SMILES string of the molecule is N#Cc1c([N+](=O)[O-])ccc(F)c1OC(F)F. The zero-order valence-electron chi connectivity index (χ0n) is 7.49. The van der Waals surface area contributed by atoms with Gasteiger partial charge >= 0.3 is 6.61 Å². The van der Waals surface area contributed by atoms with Crippen LogP contribution in [0, 0.1) is 27.3 Å². The molecular weight excluding hydrogens is 229 g/mol. The van der Waals surface area contributed by atoms with Crippen LogP contribution in [-0.2, 0) is 0 Å². The molecular formula is C8H3F3N2O3. The molecule has 0 amide bonds. The van der Waals surface area contributed by atoms with Crippen molar-refractivity contribution in [3.63, 3.8) is 0 Å². The normalized spacial score (nSPS) is 9.94. The number of alkyl halides is 2. The summed E-state index contributed by atoms with van der Waals surface area (Å²) in [5.41, 5.74) is -1.66. The predicted molar refractivity (Wildman–Crippen MR) is 44.4 cm³/mol. The van der Waals surface area contributed by atoms with Gasteiger partial charge in [0.25, 0.3) is 5.69 Å². The number of halogens is 3. The van der Waals surface area contributed by atoms with E-state index in [1.807, 2.05) is 0 Å². The van der Waals surface area contributed by atoms with Crippen LogP contribution in [0.5, 0.6) is 5.75 Å². The second kappa shape index (κ2) is 4.48. The van der Waals surface area contributed by atoms with Crippen molar-refractivity contribution in [2.45, 2.75) is 6.61 Å². The van der Waals surface area contributed by atoms with Gasteiger partial charge in [-0.15, -0.1) is 0 Å². The second-order valence-corrected chi connectivity index (χ2v) is 2.52. The fourth-order valence-corrected chi connectivity index (χ4v) is 1.01. The monoisotopic (exact) mass is 232 g/mol. The molecule has 0 aliphatic heterocycles. The summed E-state index contributed by atoms with van der Waals surface area (Å²) in [6.07, 6.45) is 0. The van der Waals surface area contributed by atoms with Gasteiger partial charge in [-0.2, -0.15) is 14.0 Å². The van der Waals surface area contributed by atoms with E-state index in [0.717, 1.165) is 0 Å². The molecule has 0 aliphatic carbocycles. The van der Waals surface area contributed by atoms with Gasteiger partial charge in [-0.25, -0.2) is 4.39 Å². The van der Waals surface area contributed by atoms with Crippen molar-refractivity contribution in [2.24, 2.45) is 0 Å². The number of nitrogens with zero attached hydrogens (tertiary/aromatic N) is 2. The number of benzene rings is 1. The first-order valence-corrected chi connectivity index (χ1v) is 3.79. The van der Waals surface area contributed by atoms with Gasteiger partial charge in [0, 0.05) is 6.07 Å². The molecule has 0 atom stereocenters. The van der Waals surface area contributed by atoms with Crippen LogP contribution in [0.25, 0.3) is 0 Å². The zero-order valence-corrected chi connectivity index (χ0v) is 7.49. The standard InChI is InChI=1S/C8H3F3N2O3/c9-5-1-2-6(13(14)15)4(3-12)7(5)16-8(10)11/h1-2,8H. The third kappa shape index (κ3) is 2.20. The Morgan fingerprint density at radius 3 is 2.56 bits per heavy atom. The lowest BCUT2D eigenvalue weighted by atomic mass is 10.1. The minimum absolute atomic E-state index is 0.580. The minimum Gasteiger partial charge on any atom is -0.430 e. The summed E-state index contributed by atoms with van der Waals surface area (Å²) < 4.78 is 40.5. The van der Waals surface area contributed by atoms with E-state index in [-0.39, 0.29) is 0 Å². The lowest BCUT2D eigenvalue weighted by Crippen LogP contribution is -2.07. The lowest BCUT2D eigenvalue weighted by Gasteiger charge is -2.07. The maximum atomic E-state index is 13.0. The average Bonchev–Trinajstić information content (AvgIpc) is 2.19. The fraction of sp³-hybridized carbons (Fsp3) is 0.125. The molecule has 0 saturated heterocycles. The van der Waals surface area contributed by atoms with Crippen LogP contribution in [0.1, 0.15) is 5.56 Å². The van der Waals surface area contributed by atoms with E-state index in [2.05, 4.69) is 4.74 Å². The molecule has 0 bridgehead atoms. The number of nitro groups is 1. The topological polar surface area (TPSA) is 76.2 Å². The molecule has 0 N–H and O–H groups in total. The summed E-state index contributed by atoms with van der Waals surface area (Å²) in [4.78, 5) is 9.43. The largest absolute Gasteiger partial charge is 0.430 e. The van der Waals surface area contributed by atoms with Crippen LogP contribution >= 0.6 is 0 Å². The molecule has 5 nitrogen and oxygen atoms in total. The Bertz CT molecular complexity index is 470. The molecule has 8 heteroatoms. The summed E-state index contributed by atoms with van der Waals surface area (Å²) in [6, 6.07) is 2.53. The van der Waals surface area contributed by atoms with E-state index in [0.29, 0.717) is 12.1 Å². The third-order valence-corrected chi connectivity index (χ3v) is 1.60. The molecule has 1 aromatic carbocycles. The minimum atomic E-state index is -3.37. The number of nitro benzene ring substituents is 1. The van der Waals surface area contributed by atoms with Gasteiger partial charge in [-0.1, -0.05) is 0 Å². The fourth-order valence-electron chi connectivity index (χ4n) is 1.01. The molecule has 1 rings (SSSR count). The Labute approximate surface area is 86.8 Å². The molecule has 1 aromatic rings. The maximum absolute atomic E-state index is 13.0. The van der Waals surface area contributed by atoms with Crippen molar-refractivity contribution in [1.82, 2.24) is 0 Å². The van der Waals surface area contributed by atoms with E-state index >= 15 is 0 Å². The number of rotatable bonds is 3. The summed E-state index contributed by atoms with van der Waals surface area (Å²) >= 11 is 0. The molecule has 0 saturated carbocycles. The first-order valence-electron chi connectivity index (χ1n) is 3.79. The first kappa shape index (κ1) is 11.8.